The maximum atomic E-state index is 12.5. The molecule has 0 unspecified atom stereocenters. The zero-order chi connectivity index (χ0) is 18.5. The van der Waals surface area contributed by atoms with Crippen LogP contribution in [0.1, 0.15) is 32.7 Å². The number of amides is 1. The van der Waals surface area contributed by atoms with Gasteiger partial charge in [-0.2, -0.15) is 0 Å². The smallest absolute Gasteiger partial charge is 0.274 e. The van der Waals surface area contributed by atoms with E-state index in [1.807, 2.05) is 45.0 Å². The normalized spacial score (nSPS) is 10.4. The summed E-state index contributed by atoms with van der Waals surface area (Å²) in [4.78, 5) is 16.8. The zero-order valence-corrected chi connectivity index (χ0v) is 15.3. The Hall–Kier alpha value is -3.14. The van der Waals surface area contributed by atoms with Gasteiger partial charge in [0.1, 0.15) is 5.69 Å². The molecule has 1 aromatic heterocycles. The summed E-state index contributed by atoms with van der Waals surface area (Å²) in [7, 11) is 0. The van der Waals surface area contributed by atoms with Gasteiger partial charge in [0.25, 0.3) is 5.91 Å². The number of hydrogen-bond acceptors (Lipinski definition) is 3. The molecule has 0 aliphatic rings. The minimum absolute atomic E-state index is 0.199. The number of aryl methyl sites for hydroxylation is 3. The molecule has 3 aromatic rings. The molecule has 0 saturated heterocycles. The molecule has 132 valence electrons. The van der Waals surface area contributed by atoms with E-state index in [-0.39, 0.29) is 5.91 Å². The van der Waals surface area contributed by atoms with Crippen LogP contribution in [0.25, 0.3) is 0 Å². The van der Waals surface area contributed by atoms with Crippen molar-refractivity contribution in [2.24, 2.45) is 0 Å². The quantitative estimate of drug-likeness (QED) is 0.693. The maximum absolute atomic E-state index is 12.5. The molecule has 26 heavy (non-hydrogen) atoms. The molecule has 0 aliphatic heterocycles. The van der Waals surface area contributed by atoms with Crippen molar-refractivity contribution in [2.45, 2.75) is 27.3 Å². The molecule has 2 aromatic carbocycles. The second kappa shape index (κ2) is 7.83. The fourth-order valence-electron chi connectivity index (χ4n) is 2.99. The molecule has 1 amide bonds. The van der Waals surface area contributed by atoms with Crippen LogP contribution in [0.4, 0.5) is 11.4 Å². The van der Waals surface area contributed by atoms with E-state index in [9.17, 15) is 4.79 Å². The lowest BCUT2D eigenvalue weighted by atomic mass is 10.0. The standard InChI is InChI=1S/C22H23N3O/c1-15-11-16(2)21(17(3)12-15)25-22(26)20-10-9-19(14-24-20)23-13-18-7-5-4-6-8-18/h4-12,14,23H,13H2,1-3H3,(H,25,26). The summed E-state index contributed by atoms with van der Waals surface area (Å²) in [5, 5.41) is 6.28. The Kier molecular flexibility index (Phi) is 5.32. The fraction of sp³-hybridized carbons (Fsp3) is 0.182. The van der Waals surface area contributed by atoms with Gasteiger partial charge < -0.3 is 10.6 Å². The first-order valence-corrected chi connectivity index (χ1v) is 8.66. The van der Waals surface area contributed by atoms with Crippen molar-refractivity contribution in [3.63, 3.8) is 0 Å². The molecule has 0 spiro atoms. The second-order valence-corrected chi connectivity index (χ2v) is 6.50. The minimum atomic E-state index is -0.199. The molecule has 1 heterocycles. The Morgan fingerprint density at radius 1 is 0.962 bits per heavy atom. The van der Waals surface area contributed by atoms with Crippen LogP contribution >= 0.6 is 0 Å². The topological polar surface area (TPSA) is 54.0 Å². The molecule has 0 aliphatic carbocycles. The first kappa shape index (κ1) is 17.7. The summed E-state index contributed by atoms with van der Waals surface area (Å²) in [5.74, 6) is -0.199. The lowest BCUT2D eigenvalue weighted by Gasteiger charge is -2.13. The van der Waals surface area contributed by atoms with E-state index in [4.69, 9.17) is 0 Å². The third kappa shape index (κ3) is 4.28. The number of nitrogens with zero attached hydrogens (tertiary/aromatic N) is 1. The molecule has 4 heteroatoms. The van der Waals surface area contributed by atoms with Crippen molar-refractivity contribution in [3.8, 4) is 0 Å². The van der Waals surface area contributed by atoms with Gasteiger partial charge in [0, 0.05) is 12.2 Å². The molecule has 0 saturated carbocycles. The van der Waals surface area contributed by atoms with Crippen molar-refractivity contribution in [2.75, 3.05) is 10.6 Å². The van der Waals surface area contributed by atoms with Crippen molar-refractivity contribution >= 4 is 17.3 Å². The molecule has 0 bridgehead atoms. The number of rotatable bonds is 5. The lowest BCUT2D eigenvalue weighted by molar-refractivity contribution is 0.102. The average Bonchev–Trinajstić information content (AvgIpc) is 2.64. The summed E-state index contributed by atoms with van der Waals surface area (Å²) < 4.78 is 0. The largest absolute Gasteiger partial charge is 0.380 e. The van der Waals surface area contributed by atoms with Crippen LogP contribution in [0.3, 0.4) is 0 Å². The number of carbonyl (C=O) groups excluding carboxylic acids is 1. The van der Waals surface area contributed by atoms with Gasteiger partial charge in [-0.25, -0.2) is 4.98 Å². The highest BCUT2D eigenvalue weighted by molar-refractivity contribution is 6.03. The Morgan fingerprint density at radius 2 is 1.65 bits per heavy atom. The molecule has 3 rings (SSSR count). The third-order valence-electron chi connectivity index (χ3n) is 4.25. The van der Waals surface area contributed by atoms with Crippen LogP contribution < -0.4 is 10.6 Å². The number of carbonyl (C=O) groups is 1. The Morgan fingerprint density at radius 3 is 2.27 bits per heavy atom. The number of pyridine rings is 1. The van der Waals surface area contributed by atoms with Gasteiger partial charge in [0.05, 0.1) is 11.9 Å². The van der Waals surface area contributed by atoms with E-state index in [1.165, 1.54) is 11.1 Å². The molecule has 2 N–H and O–H groups in total. The third-order valence-corrected chi connectivity index (χ3v) is 4.25. The van der Waals surface area contributed by atoms with E-state index in [1.54, 1.807) is 12.3 Å². The average molecular weight is 345 g/mol. The Balaban J connectivity index is 1.66. The van der Waals surface area contributed by atoms with Crippen LogP contribution in [0.2, 0.25) is 0 Å². The lowest BCUT2D eigenvalue weighted by Crippen LogP contribution is -2.15. The Bertz CT molecular complexity index is 879. The highest BCUT2D eigenvalue weighted by atomic mass is 16.1. The summed E-state index contributed by atoms with van der Waals surface area (Å²) in [6.45, 7) is 6.77. The molecular weight excluding hydrogens is 322 g/mol. The molecule has 4 nitrogen and oxygen atoms in total. The van der Waals surface area contributed by atoms with Crippen molar-refractivity contribution in [3.05, 3.63) is 88.7 Å². The molecule has 0 fully saturated rings. The zero-order valence-electron chi connectivity index (χ0n) is 15.3. The number of aromatic nitrogens is 1. The monoisotopic (exact) mass is 345 g/mol. The van der Waals surface area contributed by atoms with Gasteiger partial charge in [-0.3, -0.25) is 4.79 Å². The van der Waals surface area contributed by atoms with Gasteiger partial charge in [-0.15, -0.1) is 0 Å². The van der Waals surface area contributed by atoms with E-state index in [0.717, 1.165) is 29.0 Å². The van der Waals surface area contributed by atoms with E-state index in [2.05, 4.69) is 39.9 Å². The van der Waals surface area contributed by atoms with Gasteiger partial charge >= 0.3 is 0 Å². The SMILES string of the molecule is Cc1cc(C)c(NC(=O)c2ccc(NCc3ccccc3)cn2)c(C)c1. The molecule has 0 atom stereocenters. The van der Waals surface area contributed by atoms with Crippen LogP contribution in [-0.2, 0) is 6.54 Å². The maximum Gasteiger partial charge on any atom is 0.274 e. The van der Waals surface area contributed by atoms with Gasteiger partial charge in [-0.05, 0) is 49.6 Å². The van der Waals surface area contributed by atoms with Gasteiger partial charge in [0.15, 0.2) is 0 Å². The summed E-state index contributed by atoms with van der Waals surface area (Å²) in [5.41, 5.74) is 6.62. The van der Waals surface area contributed by atoms with Crippen molar-refractivity contribution in [1.29, 1.82) is 0 Å². The van der Waals surface area contributed by atoms with Crippen LogP contribution in [0, 0.1) is 20.8 Å². The molecular formula is C22H23N3O. The molecule has 0 radical (unpaired) electrons. The number of anilines is 2. The number of nitrogens with one attached hydrogen (secondary N) is 2. The van der Waals surface area contributed by atoms with E-state index in [0.29, 0.717) is 5.69 Å². The number of benzene rings is 2. The minimum Gasteiger partial charge on any atom is -0.380 e. The van der Waals surface area contributed by atoms with Gasteiger partial charge in [0.2, 0.25) is 0 Å². The predicted molar refractivity (Wildman–Crippen MR) is 107 cm³/mol. The first-order valence-electron chi connectivity index (χ1n) is 8.66. The summed E-state index contributed by atoms with van der Waals surface area (Å²) in [6, 6.07) is 17.9. The van der Waals surface area contributed by atoms with Crippen molar-refractivity contribution in [1.82, 2.24) is 4.98 Å². The second-order valence-electron chi connectivity index (χ2n) is 6.50. The summed E-state index contributed by atoms with van der Waals surface area (Å²) in [6.07, 6.45) is 1.69. The highest BCUT2D eigenvalue weighted by Crippen LogP contribution is 2.22. The first-order chi connectivity index (χ1) is 12.5. The summed E-state index contributed by atoms with van der Waals surface area (Å²) >= 11 is 0. The fourth-order valence-corrected chi connectivity index (χ4v) is 2.99. The Labute approximate surface area is 154 Å². The predicted octanol–water partition coefficient (Wildman–Crippen LogP) is 4.87. The van der Waals surface area contributed by atoms with Crippen molar-refractivity contribution < 1.29 is 4.79 Å². The highest BCUT2D eigenvalue weighted by Gasteiger charge is 2.11. The van der Waals surface area contributed by atoms with Crippen LogP contribution in [-0.4, -0.2) is 10.9 Å². The van der Waals surface area contributed by atoms with Crippen LogP contribution in [0.5, 0.6) is 0 Å². The van der Waals surface area contributed by atoms with E-state index >= 15 is 0 Å². The van der Waals surface area contributed by atoms with Gasteiger partial charge in [-0.1, -0.05) is 48.0 Å². The number of hydrogen-bond donors (Lipinski definition) is 2. The van der Waals surface area contributed by atoms with E-state index < -0.39 is 0 Å². The van der Waals surface area contributed by atoms with Crippen LogP contribution in [0.15, 0.2) is 60.8 Å².